The van der Waals surface area contributed by atoms with Crippen LogP contribution in [0.1, 0.15) is 23.7 Å². The lowest BCUT2D eigenvalue weighted by molar-refractivity contribution is -0.125. The smallest absolute Gasteiger partial charge is 0.260 e. The molecule has 0 radical (unpaired) electrons. The summed E-state index contributed by atoms with van der Waals surface area (Å²) in [5.41, 5.74) is 0.561. The minimum absolute atomic E-state index is 0.0691. The van der Waals surface area contributed by atoms with Gasteiger partial charge in [-0.1, -0.05) is 22.9 Å². The second-order valence-electron chi connectivity index (χ2n) is 4.13. The molecule has 0 saturated carbocycles. The van der Waals surface area contributed by atoms with Gasteiger partial charge in [-0.3, -0.25) is 14.5 Å². The van der Waals surface area contributed by atoms with Gasteiger partial charge in [0.15, 0.2) is 0 Å². The number of carbonyl (C=O) groups excluding carboxylic acids is 2. The van der Waals surface area contributed by atoms with Crippen LogP contribution in [0, 0.1) is 5.92 Å². The fraction of sp³-hybridized carbons (Fsp3) is 0.333. The third-order valence-electron chi connectivity index (χ3n) is 2.65. The maximum absolute atomic E-state index is 12.0. The molecule has 1 heterocycles. The monoisotopic (exact) mass is 281 g/mol. The van der Waals surface area contributed by atoms with E-state index >= 15 is 0 Å². The molecule has 1 aliphatic rings. The molecular weight excluding hydrogens is 270 g/mol. The van der Waals surface area contributed by atoms with Crippen LogP contribution in [0.15, 0.2) is 28.7 Å². The highest BCUT2D eigenvalue weighted by molar-refractivity contribution is 9.10. The largest absolute Gasteiger partial charge is 0.278 e. The highest BCUT2D eigenvalue weighted by Crippen LogP contribution is 2.20. The van der Waals surface area contributed by atoms with Gasteiger partial charge in [-0.15, -0.1) is 0 Å². The third-order valence-corrected chi connectivity index (χ3v) is 3.18. The first-order chi connectivity index (χ1) is 7.58. The summed E-state index contributed by atoms with van der Waals surface area (Å²) in [6, 6.07) is 7.06. The lowest BCUT2D eigenvalue weighted by Gasteiger charge is -2.13. The minimum Gasteiger partial charge on any atom is -0.278 e. The van der Waals surface area contributed by atoms with Crippen molar-refractivity contribution in [3.63, 3.8) is 0 Å². The van der Waals surface area contributed by atoms with Gasteiger partial charge in [0.2, 0.25) is 5.91 Å². The first-order valence-corrected chi connectivity index (χ1v) is 5.97. The SMILES string of the molecule is CC1CC(=O)N(C(=O)c2ccc(Br)cc2)C1. The van der Waals surface area contributed by atoms with E-state index in [0.29, 0.717) is 18.5 Å². The molecule has 0 aliphatic carbocycles. The average molecular weight is 282 g/mol. The number of benzene rings is 1. The van der Waals surface area contributed by atoms with Gasteiger partial charge in [-0.25, -0.2) is 0 Å². The molecule has 2 rings (SSSR count). The van der Waals surface area contributed by atoms with Crippen molar-refractivity contribution in [1.82, 2.24) is 4.90 Å². The number of amides is 2. The number of imide groups is 1. The van der Waals surface area contributed by atoms with Crippen molar-refractivity contribution in [2.24, 2.45) is 5.92 Å². The Bertz CT molecular complexity index is 427. The summed E-state index contributed by atoms with van der Waals surface area (Å²) in [5, 5.41) is 0. The third kappa shape index (κ3) is 2.16. The topological polar surface area (TPSA) is 37.4 Å². The van der Waals surface area contributed by atoms with E-state index in [4.69, 9.17) is 0 Å². The van der Waals surface area contributed by atoms with E-state index in [1.165, 1.54) is 4.90 Å². The Morgan fingerprint density at radius 1 is 1.38 bits per heavy atom. The molecule has 1 saturated heterocycles. The van der Waals surface area contributed by atoms with Crippen molar-refractivity contribution in [2.45, 2.75) is 13.3 Å². The van der Waals surface area contributed by atoms with E-state index in [-0.39, 0.29) is 17.7 Å². The molecule has 4 heteroatoms. The molecule has 3 nitrogen and oxygen atoms in total. The van der Waals surface area contributed by atoms with Crippen molar-refractivity contribution in [2.75, 3.05) is 6.54 Å². The summed E-state index contributed by atoms with van der Waals surface area (Å²) in [5.74, 6) is 0.00849. The van der Waals surface area contributed by atoms with E-state index in [1.54, 1.807) is 24.3 Å². The molecule has 0 spiro atoms. The Balaban J connectivity index is 2.19. The number of hydrogen-bond donors (Lipinski definition) is 0. The summed E-state index contributed by atoms with van der Waals surface area (Å²) in [6.45, 7) is 2.51. The first kappa shape index (κ1) is 11.3. The number of nitrogens with zero attached hydrogens (tertiary/aromatic N) is 1. The van der Waals surface area contributed by atoms with Gasteiger partial charge in [-0.05, 0) is 30.2 Å². The van der Waals surface area contributed by atoms with Crippen LogP contribution in [0.3, 0.4) is 0 Å². The molecule has 1 aromatic rings. The Hall–Kier alpha value is -1.16. The predicted molar refractivity (Wildman–Crippen MR) is 64.0 cm³/mol. The maximum Gasteiger partial charge on any atom is 0.260 e. The summed E-state index contributed by atoms with van der Waals surface area (Å²) in [7, 11) is 0. The summed E-state index contributed by atoms with van der Waals surface area (Å²) < 4.78 is 0.921. The molecule has 1 unspecified atom stereocenters. The van der Waals surface area contributed by atoms with Crippen molar-refractivity contribution in [1.29, 1.82) is 0 Å². The Morgan fingerprint density at radius 2 is 2.00 bits per heavy atom. The Labute approximate surface area is 103 Å². The lowest BCUT2D eigenvalue weighted by atomic mass is 10.2. The zero-order valence-electron chi connectivity index (χ0n) is 8.94. The molecule has 16 heavy (non-hydrogen) atoms. The highest BCUT2D eigenvalue weighted by Gasteiger charge is 2.31. The van der Waals surface area contributed by atoms with Crippen LogP contribution in [0.5, 0.6) is 0 Å². The van der Waals surface area contributed by atoms with E-state index in [0.717, 1.165) is 4.47 Å². The zero-order valence-corrected chi connectivity index (χ0v) is 10.5. The molecule has 2 amide bonds. The van der Waals surface area contributed by atoms with Crippen LogP contribution in [-0.2, 0) is 4.79 Å². The predicted octanol–water partition coefficient (Wildman–Crippen LogP) is 2.46. The minimum atomic E-state index is -0.193. The maximum atomic E-state index is 12.0. The molecular formula is C12H12BrNO2. The van der Waals surface area contributed by atoms with Crippen LogP contribution in [0.2, 0.25) is 0 Å². The Morgan fingerprint density at radius 3 is 2.50 bits per heavy atom. The molecule has 0 bridgehead atoms. The van der Waals surface area contributed by atoms with E-state index < -0.39 is 0 Å². The standard InChI is InChI=1S/C12H12BrNO2/c1-8-6-11(15)14(7-8)12(16)9-2-4-10(13)5-3-9/h2-5,8H,6-7H2,1H3. The van der Waals surface area contributed by atoms with Gasteiger partial charge >= 0.3 is 0 Å². The van der Waals surface area contributed by atoms with Crippen molar-refractivity contribution < 1.29 is 9.59 Å². The number of halogens is 1. The quantitative estimate of drug-likeness (QED) is 0.742. The van der Waals surface area contributed by atoms with Crippen LogP contribution in [-0.4, -0.2) is 23.3 Å². The Kier molecular flexibility index (Phi) is 3.10. The molecule has 1 aliphatic heterocycles. The van der Waals surface area contributed by atoms with Gasteiger partial charge in [0.05, 0.1) is 0 Å². The fourth-order valence-electron chi connectivity index (χ4n) is 1.83. The van der Waals surface area contributed by atoms with E-state index in [2.05, 4.69) is 15.9 Å². The first-order valence-electron chi connectivity index (χ1n) is 5.18. The fourth-order valence-corrected chi connectivity index (χ4v) is 2.10. The molecule has 1 fully saturated rings. The molecule has 1 atom stereocenters. The van der Waals surface area contributed by atoms with Crippen molar-refractivity contribution >= 4 is 27.7 Å². The van der Waals surface area contributed by atoms with Crippen molar-refractivity contribution in [3.05, 3.63) is 34.3 Å². The molecule has 0 aromatic heterocycles. The van der Waals surface area contributed by atoms with Crippen LogP contribution >= 0.6 is 15.9 Å². The second-order valence-corrected chi connectivity index (χ2v) is 5.04. The van der Waals surface area contributed by atoms with Gasteiger partial charge in [0.25, 0.3) is 5.91 Å². The second kappa shape index (κ2) is 4.37. The summed E-state index contributed by atoms with van der Waals surface area (Å²) >= 11 is 3.31. The lowest BCUT2D eigenvalue weighted by Crippen LogP contribution is -2.32. The number of rotatable bonds is 1. The number of hydrogen-bond acceptors (Lipinski definition) is 2. The van der Waals surface area contributed by atoms with Gasteiger partial charge < -0.3 is 0 Å². The zero-order chi connectivity index (χ0) is 11.7. The van der Waals surface area contributed by atoms with Crippen LogP contribution in [0.4, 0.5) is 0 Å². The number of carbonyl (C=O) groups is 2. The van der Waals surface area contributed by atoms with Gasteiger partial charge in [0.1, 0.15) is 0 Å². The number of likely N-dealkylation sites (tertiary alicyclic amines) is 1. The molecule has 0 N–H and O–H groups in total. The van der Waals surface area contributed by atoms with E-state index in [9.17, 15) is 9.59 Å². The average Bonchev–Trinajstić information content (AvgIpc) is 2.58. The van der Waals surface area contributed by atoms with E-state index in [1.807, 2.05) is 6.92 Å². The van der Waals surface area contributed by atoms with Crippen LogP contribution < -0.4 is 0 Å². The van der Waals surface area contributed by atoms with Crippen LogP contribution in [0.25, 0.3) is 0 Å². The summed E-state index contributed by atoms with van der Waals surface area (Å²) in [4.78, 5) is 24.9. The van der Waals surface area contributed by atoms with Gasteiger partial charge in [0, 0.05) is 23.0 Å². The summed E-state index contributed by atoms with van der Waals surface area (Å²) in [6.07, 6.45) is 0.474. The molecule has 1 aromatic carbocycles. The van der Waals surface area contributed by atoms with Crippen molar-refractivity contribution in [3.8, 4) is 0 Å². The highest BCUT2D eigenvalue weighted by atomic mass is 79.9. The van der Waals surface area contributed by atoms with Gasteiger partial charge in [-0.2, -0.15) is 0 Å². The normalized spacial score (nSPS) is 20.2. The molecule has 84 valence electrons.